The number of amides is 1. The lowest BCUT2D eigenvalue weighted by Crippen LogP contribution is -2.37. The highest BCUT2D eigenvalue weighted by atomic mass is 35.5. The van der Waals surface area contributed by atoms with E-state index in [4.69, 9.17) is 0 Å². The van der Waals surface area contributed by atoms with Crippen LogP contribution in [-0.4, -0.2) is 44.0 Å². The lowest BCUT2D eigenvalue weighted by molar-refractivity contribution is -0.117. The molecule has 1 saturated heterocycles. The molecule has 21 heavy (non-hydrogen) atoms. The molecule has 1 heterocycles. The number of anilines is 1. The van der Waals surface area contributed by atoms with Gasteiger partial charge in [0, 0.05) is 12.2 Å². The molecule has 0 aliphatic carbocycles. The van der Waals surface area contributed by atoms with Crippen LogP contribution in [0.2, 0.25) is 0 Å². The van der Waals surface area contributed by atoms with Gasteiger partial charge in [-0.05, 0) is 57.1 Å². The van der Waals surface area contributed by atoms with Gasteiger partial charge in [-0.2, -0.15) is 0 Å². The average Bonchev–Trinajstić information content (AvgIpc) is 2.39. The van der Waals surface area contributed by atoms with Gasteiger partial charge in [0.25, 0.3) is 0 Å². The van der Waals surface area contributed by atoms with Gasteiger partial charge in [-0.25, -0.2) is 4.39 Å². The van der Waals surface area contributed by atoms with E-state index in [9.17, 15) is 9.18 Å². The molecular weight excluding hydrogens is 293 g/mol. The third-order valence-electron chi connectivity index (χ3n) is 3.55. The molecule has 0 radical (unpaired) electrons. The average molecular weight is 316 g/mol. The third-order valence-corrected chi connectivity index (χ3v) is 3.55. The van der Waals surface area contributed by atoms with Crippen LogP contribution in [-0.2, 0) is 4.79 Å². The largest absolute Gasteiger partial charge is 0.325 e. The van der Waals surface area contributed by atoms with Gasteiger partial charge < -0.3 is 10.6 Å². The van der Waals surface area contributed by atoms with Gasteiger partial charge in [0.05, 0.1) is 6.54 Å². The van der Waals surface area contributed by atoms with Gasteiger partial charge >= 0.3 is 0 Å². The van der Waals surface area contributed by atoms with E-state index >= 15 is 0 Å². The van der Waals surface area contributed by atoms with E-state index in [1.807, 2.05) is 11.9 Å². The molecule has 0 bridgehead atoms. The molecule has 0 unspecified atom stereocenters. The van der Waals surface area contributed by atoms with Crippen LogP contribution in [0.25, 0.3) is 0 Å². The van der Waals surface area contributed by atoms with Crippen LogP contribution in [0.3, 0.4) is 0 Å². The van der Waals surface area contributed by atoms with E-state index in [2.05, 4.69) is 10.6 Å². The summed E-state index contributed by atoms with van der Waals surface area (Å²) in [6, 6.07) is 5.96. The number of piperidine rings is 1. The van der Waals surface area contributed by atoms with Gasteiger partial charge in [-0.1, -0.05) is 6.07 Å². The van der Waals surface area contributed by atoms with E-state index in [-0.39, 0.29) is 24.1 Å². The molecule has 4 nitrogen and oxygen atoms in total. The molecule has 1 aromatic carbocycles. The highest BCUT2D eigenvalue weighted by Gasteiger charge is 2.16. The lowest BCUT2D eigenvalue weighted by atomic mass is 9.98. The maximum Gasteiger partial charge on any atom is 0.238 e. The Bertz CT molecular complexity index is 452. The van der Waals surface area contributed by atoms with Crippen molar-refractivity contribution in [1.29, 1.82) is 0 Å². The first kappa shape index (κ1) is 17.9. The second kappa shape index (κ2) is 8.97. The predicted molar refractivity (Wildman–Crippen MR) is 85.4 cm³/mol. The zero-order chi connectivity index (χ0) is 14.4. The summed E-state index contributed by atoms with van der Waals surface area (Å²) in [5, 5.41) is 6.05. The Hall–Kier alpha value is -1.17. The first-order chi connectivity index (χ1) is 9.63. The van der Waals surface area contributed by atoms with Crippen molar-refractivity contribution in [3.05, 3.63) is 30.1 Å². The van der Waals surface area contributed by atoms with Gasteiger partial charge in [-0.15, -0.1) is 12.4 Å². The summed E-state index contributed by atoms with van der Waals surface area (Å²) in [7, 11) is 1.95. The SMILES string of the molecule is CN(CC(=O)Nc1cccc(F)c1)CC1CCNCC1.Cl. The zero-order valence-corrected chi connectivity index (χ0v) is 13.1. The van der Waals surface area contributed by atoms with E-state index in [0.717, 1.165) is 32.5 Å². The molecule has 1 fully saturated rings. The fourth-order valence-electron chi connectivity index (χ4n) is 2.58. The summed E-state index contributed by atoms with van der Waals surface area (Å²) in [5.41, 5.74) is 0.505. The third kappa shape index (κ3) is 6.42. The van der Waals surface area contributed by atoms with Crippen LogP contribution in [0.1, 0.15) is 12.8 Å². The molecule has 1 amide bonds. The maximum atomic E-state index is 13.0. The van der Waals surface area contributed by atoms with Gasteiger partial charge in [0.15, 0.2) is 0 Å². The monoisotopic (exact) mass is 315 g/mol. The molecule has 1 aromatic rings. The van der Waals surface area contributed by atoms with Crippen LogP contribution in [0.5, 0.6) is 0 Å². The lowest BCUT2D eigenvalue weighted by Gasteiger charge is -2.27. The predicted octanol–water partition coefficient (Wildman–Crippen LogP) is 2.12. The second-order valence-corrected chi connectivity index (χ2v) is 5.45. The van der Waals surface area contributed by atoms with Crippen LogP contribution in [0, 0.1) is 11.7 Å². The maximum absolute atomic E-state index is 13.0. The van der Waals surface area contributed by atoms with Crippen molar-refractivity contribution in [2.75, 3.05) is 38.5 Å². The number of likely N-dealkylation sites (N-methyl/N-ethyl adjacent to an activating group) is 1. The Balaban J connectivity index is 0.00000220. The molecule has 2 rings (SSSR count). The molecule has 1 aliphatic heterocycles. The Morgan fingerprint density at radius 1 is 1.43 bits per heavy atom. The van der Waals surface area contributed by atoms with Gasteiger partial charge in [-0.3, -0.25) is 9.69 Å². The molecule has 2 N–H and O–H groups in total. The van der Waals surface area contributed by atoms with E-state index in [1.165, 1.54) is 12.1 Å². The molecule has 0 atom stereocenters. The Labute approximate surface area is 131 Å². The Kier molecular flexibility index (Phi) is 7.64. The molecule has 6 heteroatoms. The molecule has 0 aromatic heterocycles. The second-order valence-electron chi connectivity index (χ2n) is 5.45. The van der Waals surface area contributed by atoms with E-state index in [0.29, 0.717) is 18.2 Å². The summed E-state index contributed by atoms with van der Waals surface area (Å²) >= 11 is 0. The number of halogens is 2. The van der Waals surface area contributed by atoms with E-state index in [1.54, 1.807) is 12.1 Å². The number of carbonyl (C=O) groups excluding carboxylic acids is 1. The van der Waals surface area contributed by atoms with Crippen molar-refractivity contribution in [3.8, 4) is 0 Å². The van der Waals surface area contributed by atoms with Crippen LogP contribution >= 0.6 is 12.4 Å². The van der Waals surface area contributed by atoms with Crippen molar-refractivity contribution in [2.24, 2.45) is 5.92 Å². The Morgan fingerprint density at radius 2 is 2.14 bits per heavy atom. The zero-order valence-electron chi connectivity index (χ0n) is 12.3. The van der Waals surface area contributed by atoms with Gasteiger partial charge in [0.2, 0.25) is 5.91 Å². The summed E-state index contributed by atoms with van der Waals surface area (Å²) in [6.45, 7) is 3.39. The number of hydrogen-bond acceptors (Lipinski definition) is 3. The molecular formula is C15H23ClFN3O. The minimum atomic E-state index is -0.342. The number of benzene rings is 1. The minimum Gasteiger partial charge on any atom is -0.325 e. The summed E-state index contributed by atoms with van der Waals surface area (Å²) in [5.74, 6) is 0.209. The van der Waals surface area contributed by atoms with Crippen molar-refractivity contribution in [3.63, 3.8) is 0 Å². The fraction of sp³-hybridized carbons (Fsp3) is 0.533. The first-order valence-electron chi connectivity index (χ1n) is 7.08. The van der Waals surface area contributed by atoms with Crippen molar-refractivity contribution < 1.29 is 9.18 Å². The standard InChI is InChI=1S/C15H22FN3O.ClH/c1-19(10-12-5-7-17-8-6-12)11-15(20)18-14-4-2-3-13(16)9-14;/h2-4,9,12,17H,5-8,10-11H2,1H3,(H,18,20);1H. The quantitative estimate of drug-likeness (QED) is 0.875. The van der Waals surface area contributed by atoms with Crippen molar-refractivity contribution >= 4 is 24.0 Å². The molecule has 118 valence electrons. The van der Waals surface area contributed by atoms with Gasteiger partial charge in [0.1, 0.15) is 5.82 Å². The minimum absolute atomic E-state index is 0. The van der Waals surface area contributed by atoms with Crippen LogP contribution in [0.15, 0.2) is 24.3 Å². The van der Waals surface area contributed by atoms with Crippen LogP contribution < -0.4 is 10.6 Å². The van der Waals surface area contributed by atoms with Crippen LogP contribution in [0.4, 0.5) is 10.1 Å². The molecule has 0 saturated carbocycles. The summed E-state index contributed by atoms with van der Waals surface area (Å²) in [6.07, 6.45) is 2.33. The summed E-state index contributed by atoms with van der Waals surface area (Å²) < 4.78 is 13.0. The van der Waals surface area contributed by atoms with E-state index < -0.39 is 0 Å². The van der Waals surface area contributed by atoms with Crippen molar-refractivity contribution in [1.82, 2.24) is 10.2 Å². The number of carbonyl (C=O) groups is 1. The summed E-state index contributed by atoms with van der Waals surface area (Å²) in [4.78, 5) is 13.9. The number of hydrogen-bond donors (Lipinski definition) is 2. The number of rotatable bonds is 5. The highest BCUT2D eigenvalue weighted by molar-refractivity contribution is 5.92. The fourth-order valence-corrected chi connectivity index (χ4v) is 2.58. The molecule has 0 spiro atoms. The Morgan fingerprint density at radius 3 is 2.81 bits per heavy atom. The van der Waals surface area contributed by atoms with Crippen molar-refractivity contribution in [2.45, 2.75) is 12.8 Å². The number of nitrogens with one attached hydrogen (secondary N) is 2. The smallest absolute Gasteiger partial charge is 0.238 e. The number of nitrogens with zero attached hydrogens (tertiary/aromatic N) is 1. The topological polar surface area (TPSA) is 44.4 Å². The normalized spacial score (nSPS) is 15.6. The molecule has 1 aliphatic rings. The highest BCUT2D eigenvalue weighted by Crippen LogP contribution is 2.13. The first-order valence-corrected chi connectivity index (χ1v) is 7.08.